The summed E-state index contributed by atoms with van der Waals surface area (Å²) in [7, 11) is 3.45. The third kappa shape index (κ3) is 5.68. The number of hydrogen-bond donors (Lipinski definition) is 2. The molecule has 1 aliphatic carbocycles. The van der Waals surface area contributed by atoms with Crippen LogP contribution in [0.1, 0.15) is 18.4 Å². The van der Waals surface area contributed by atoms with Crippen LogP contribution in [0.15, 0.2) is 29.3 Å². The fraction of sp³-hybridized carbons (Fsp3) is 0.588. The predicted octanol–water partition coefficient (Wildman–Crippen LogP) is 2.20. The van der Waals surface area contributed by atoms with E-state index >= 15 is 0 Å². The van der Waals surface area contributed by atoms with Gasteiger partial charge in [-0.2, -0.15) is 0 Å². The Morgan fingerprint density at radius 1 is 1.26 bits per heavy atom. The molecule has 1 aromatic carbocycles. The van der Waals surface area contributed by atoms with E-state index in [1.807, 2.05) is 12.1 Å². The minimum Gasteiger partial charge on any atom is -0.382 e. The molecule has 1 aliphatic rings. The molecule has 23 heavy (non-hydrogen) atoms. The van der Waals surface area contributed by atoms with Crippen molar-refractivity contribution in [3.8, 4) is 0 Å². The van der Waals surface area contributed by atoms with Crippen molar-refractivity contribution in [2.75, 3.05) is 47.1 Å². The molecule has 1 saturated carbocycles. The molecule has 0 unspecified atom stereocenters. The van der Waals surface area contributed by atoms with Crippen molar-refractivity contribution < 1.29 is 9.47 Å². The quantitative estimate of drug-likeness (QED) is 0.411. The molecule has 0 saturated heterocycles. The van der Waals surface area contributed by atoms with Gasteiger partial charge in [0.15, 0.2) is 5.96 Å². The van der Waals surface area contributed by atoms with Crippen LogP contribution in [0.5, 0.6) is 0 Å². The van der Waals surface area contributed by atoms with E-state index in [9.17, 15) is 0 Å². The SMILES string of the molecule is CN=C(NCCOCCOC)NCC1(c2cccc(Cl)c2)CC1. The average Bonchev–Trinajstić information content (AvgIpc) is 3.35. The first-order valence-electron chi connectivity index (χ1n) is 7.97. The van der Waals surface area contributed by atoms with E-state index in [0.29, 0.717) is 26.4 Å². The summed E-state index contributed by atoms with van der Waals surface area (Å²) in [6, 6.07) is 8.15. The van der Waals surface area contributed by atoms with Crippen molar-refractivity contribution in [1.82, 2.24) is 10.6 Å². The van der Waals surface area contributed by atoms with Gasteiger partial charge in [-0.05, 0) is 30.5 Å². The zero-order valence-corrected chi connectivity index (χ0v) is 14.7. The molecule has 0 amide bonds. The molecular formula is C17H26ClN3O2. The summed E-state index contributed by atoms with van der Waals surface area (Å²) in [6.45, 7) is 3.44. The molecule has 0 atom stereocenters. The molecule has 0 aliphatic heterocycles. The topological polar surface area (TPSA) is 54.9 Å². The fourth-order valence-electron chi connectivity index (χ4n) is 2.50. The van der Waals surface area contributed by atoms with Crippen LogP contribution in [0.4, 0.5) is 0 Å². The van der Waals surface area contributed by atoms with Crippen molar-refractivity contribution in [3.63, 3.8) is 0 Å². The van der Waals surface area contributed by atoms with Crippen LogP contribution in [0.2, 0.25) is 5.02 Å². The Balaban J connectivity index is 1.73. The van der Waals surface area contributed by atoms with Crippen molar-refractivity contribution in [2.24, 2.45) is 4.99 Å². The Morgan fingerprint density at radius 2 is 2.09 bits per heavy atom. The molecule has 0 bridgehead atoms. The van der Waals surface area contributed by atoms with E-state index in [2.05, 4.69) is 27.8 Å². The Labute approximate surface area is 143 Å². The number of nitrogens with zero attached hydrogens (tertiary/aromatic N) is 1. The molecule has 2 rings (SSSR count). The molecule has 0 spiro atoms. The number of halogens is 1. The number of rotatable bonds is 9. The minimum absolute atomic E-state index is 0.192. The van der Waals surface area contributed by atoms with Crippen molar-refractivity contribution in [1.29, 1.82) is 0 Å². The minimum atomic E-state index is 0.192. The summed E-state index contributed by atoms with van der Waals surface area (Å²) in [5.74, 6) is 0.800. The van der Waals surface area contributed by atoms with Crippen molar-refractivity contribution >= 4 is 17.6 Å². The first kappa shape index (κ1) is 18.0. The highest BCUT2D eigenvalue weighted by Gasteiger charge is 2.44. The monoisotopic (exact) mass is 339 g/mol. The van der Waals surface area contributed by atoms with Crippen LogP contribution >= 0.6 is 11.6 Å². The maximum absolute atomic E-state index is 6.11. The lowest BCUT2D eigenvalue weighted by Gasteiger charge is -2.19. The van der Waals surface area contributed by atoms with E-state index in [0.717, 1.165) is 17.5 Å². The van der Waals surface area contributed by atoms with E-state index in [1.54, 1.807) is 14.2 Å². The predicted molar refractivity (Wildman–Crippen MR) is 94.4 cm³/mol. The fourth-order valence-corrected chi connectivity index (χ4v) is 2.69. The highest BCUT2D eigenvalue weighted by Crippen LogP contribution is 2.48. The van der Waals surface area contributed by atoms with Crippen LogP contribution < -0.4 is 10.6 Å². The van der Waals surface area contributed by atoms with Crippen LogP contribution in [-0.2, 0) is 14.9 Å². The molecule has 5 nitrogen and oxygen atoms in total. The summed E-state index contributed by atoms with van der Waals surface area (Å²) >= 11 is 6.11. The van der Waals surface area contributed by atoms with Gasteiger partial charge in [0.05, 0.1) is 19.8 Å². The maximum atomic E-state index is 6.11. The molecular weight excluding hydrogens is 314 g/mol. The lowest BCUT2D eigenvalue weighted by Crippen LogP contribution is -2.42. The Morgan fingerprint density at radius 3 is 2.74 bits per heavy atom. The third-order valence-electron chi connectivity index (χ3n) is 4.08. The molecule has 128 valence electrons. The van der Waals surface area contributed by atoms with E-state index in [1.165, 1.54) is 18.4 Å². The van der Waals surface area contributed by atoms with Gasteiger partial charge in [0.2, 0.25) is 0 Å². The van der Waals surface area contributed by atoms with Gasteiger partial charge in [-0.15, -0.1) is 0 Å². The zero-order chi connectivity index (χ0) is 16.5. The van der Waals surface area contributed by atoms with Crippen molar-refractivity contribution in [2.45, 2.75) is 18.3 Å². The third-order valence-corrected chi connectivity index (χ3v) is 4.31. The van der Waals surface area contributed by atoms with Gasteiger partial charge in [-0.3, -0.25) is 4.99 Å². The number of benzene rings is 1. The molecule has 2 N–H and O–H groups in total. The summed E-state index contributed by atoms with van der Waals surface area (Å²) in [4.78, 5) is 4.25. The van der Waals surface area contributed by atoms with Gasteiger partial charge in [-0.1, -0.05) is 23.7 Å². The van der Waals surface area contributed by atoms with Crippen LogP contribution in [0, 0.1) is 0 Å². The lowest BCUT2D eigenvalue weighted by molar-refractivity contribution is 0.0733. The first-order valence-corrected chi connectivity index (χ1v) is 8.35. The Bertz CT molecular complexity index is 518. The smallest absolute Gasteiger partial charge is 0.191 e. The summed E-state index contributed by atoms with van der Waals surface area (Å²) in [5, 5.41) is 7.46. The molecule has 6 heteroatoms. The van der Waals surface area contributed by atoms with E-state index in [4.69, 9.17) is 21.1 Å². The van der Waals surface area contributed by atoms with Crippen LogP contribution in [0.25, 0.3) is 0 Å². The molecule has 0 aromatic heterocycles. The maximum Gasteiger partial charge on any atom is 0.191 e. The van der Waals surface area contributed by atoms with Gasteiger partial charge >= 0.3 is 0 Å². The van der Waals surface area contributed by atoms with Gasteiger partial charge in [0.1, 0.15) is 0 Å². The highest BCUT2D eigenvalue weighted by molar-refractivity contribution is 6.30. The van der Waals surface area contributed by atoms with Gasteiger partial charge < -0.3 is 20.1 Å². The van der Waals surface area contributed by atoms with Crippen molar-refractivity contribution in [3.05, 3.63) is 34.9 Å². The molecule has 0 radical (unpaired) electrons. The number of ether oxygens (including phenoxy) is 2. The van der Waals surface area contributed by atoms with Crippen LogP contribution in [0.3, 0.4) is 0 Å². The molecule has 0 heterocycles. The number of aliphatic imine (C=N–C) groups is 1. The summed E-state index contributed by atoms with van der Waals surface area (Å²) < 4.78 is 10.4. The lowest BCUT2D eigenvalue weighted by atomic mass is 9.96. The second-order valence-corrected chi connectivity index (χ2v) is 6.18. The highest BCUT2D eigenvalue weighted by atomic mass is 35.5. The van der Waals surface area contributed by atoms with Gasteiger partial charge in [-0.25, -0.2) is 0 Å². The zero-order valence-electron chi connectivity index (χ0n) is 13.9. The molecule has 1 aromatic rings. The standard InChI is InChI=1S/C17H26ClN3O2/c1-19-16(20-8-9-23-11-10-22-2)21-13-17(6-7-17)14-4-3-5-15(18)12-14/h3-5,12H,6-11,13H2,1-2H3,(H2,19,20,21). The Kier molecular flexibility index (Phi) is 7.15. The van der Waals surface area contributed by atoms with Crippen LogP contribution in [-0.4, -0.2) is 53.0 Å². The summed E-state index contributed by atoms with van der Waals surface area (Å²) in [5.41, 5.74) is 1.49. The largest absolute Gasteiger partial charge is 0.382 e. The first-order chi connectivity index (χ1) is 11.2. The number of guanidine groups is 1. The normalized spacial score (nSPS) is 16.2. The number of hydrogen-bond acceptors (Lipinski definition) is 3. The second-order valence-electron chi connectivity index (χ2n) is 5.75. The summed E-state index contributed by atoms with van der Waals surface area (Å²) in [6.07, 6.45) is 2.36. The van der Waals surface area contributed by atoms with Gasteiger partial charge in [0, 0.05) is 37.7 Å². The van der Waals surface area contributed by atoms with Gasteiger partial charge in [0.25, 0.3) is 0 Å². The number of nitrogens with one attached hydrogen (secondary N) is 2. The molecule has 1 fully saturated rings. The second kappa shape index (κ2) is 9.11. The van der Waals surface area contributed by atoms with E-state index < -0.39 is 0 Å². The average molecular weight is 340 g/mol. The van der Waals surface area contributed by atoms with E-state index in [-0.39, 0.29) is 5.41 Å². The number of methoxy groups -OCH3 is 1. The Hall–Kier alpha value is -1.30.